The smallest absolute Gasteiger partial charge is 0.324 e. The highest BCUT2D eigenvalue weighted by Crippen LogP contribution is 2.34. The van der Waals surface area contributed by atoms with E-state index in [1.165, 1.54) is 4.90 Å². The highest BCUT2D eigenvalue weighted by atomic mass is 16.2. The predicted molar refractivity (Wildman–Crippen MR) is 151 cm³/mol. The highest BCUT2D eigenvalue weighted by Gasteiger charge is 2.44. The average Bonchev–Trinajstić information content (AvgIpc) is 3.45. The highest BCUT2D eigenvalue weighted by molar-refractivity contribution is 6.37. The third-order valence-electron chi connectivity index (χ3n) is 8.02. The molecule has 0 aromatic heterocycles. The monoisotopic (exact) mass is 591 g/mol. The van der Waals surface area contributed by atoms with Gasteiger partial charge < -0.3 is 31.9 Å². The Morgan fingerprint density at radius 2 is 1.60 bits per heavy atom. The number of rotatable bonds is 11. The number of likely N-dealkylation sites (tertiary alicyclic amines) is 1. The second kappa shape index (κ2) is 12.7. The molecule has 0 aromatic carbocycles. The Labute approximate surface area is 246 Å². The Hall–Kier alpha value is -3.71. The Morgan fingerprint density at radius 3 is 2.10 bits per heavy atom. The number of nitrogens with one attached hydrogen (secondary N) is 4. The van der Waals surface area contributed by atoms with E-state index >= 15 is 0 Å². The summed E-state index contributed by atoms with van der Waals surface area (Å²) in [7, 11) is 0. The van der Waals surface area contributed by atoms with Gasteiger partial charge in [0.15, 0.2) is 0 Å². The van der Waals surface area contributed by atoms with Crippen molar-refractivity contribution in [1.29, 1.82) is 0 Å². The lowest BCUT2D eigenvalue weighted by Gasteiger charge is -2.37. The van der Waals surface area contributed by atoms with Crippen LogP contribution in [0.5, 0.6) is 0 Å². The Kier molecular flexibility index (Phi) is 9.88. The van der Waals surface area contributed by atoms with Gasteiger partial charge in [-0.15, -0.1) is 0 Å². The minimum absolute atomic E-state index is 0.0455. The van der Waals surface area contributed by atoms with Crippen molar-refractivity contribution in [2.75, 3.05) is 19.6 Å². The van der Waals surface area contributed by atoms with Gasteiger partial charge >= 0.3 is 12.1 Å². The van der Waals surface area contributed by atoms with Crippen molar-refractivity contribution in [2.24, 2.45) is 22.5 Å². The lowest BCUT2D eigenvalue weighted by Crippen LogP contribution is -2.62. The van der Waals surface area contributed by atoms with Gasteiger partial charge in [0.1, 0.15) is 12.1 Å². The second-order valence-corrected chi connectivity index (χ2v) is 13.7. The van der Waals surface area contributed by atoms with Crippen molar-refractivity contribution in [3.8, 4) is 0 Å². The number of ketones is 1. The van der Waals surface area contributed by atoms with Crippen LogP contribution in [0.1, 0.15) is 73.6 Å². The van der Waals surface area contributed by atoms with Gasteiger partial charge in [0.2, 0.25) is 23.5 Å². The molecule has 2 saturated heterocycles. The summed E-state index contributed by atoms with van der Waals surface area (Å²) in [5.74, 6) is -3.14. The Balaban J connectivity index is 1.72. The summed E-state index contributed by atoms with van der Waals surface area (Å²) in [5.41, 5.74) is 3.91. The van der Waals surface area contributed by atoms with Crippen LogP contribution < -0.4 is 27.0 Å². The molecule has 14 nitrogen and oxygen atoms in total. The number of imide groups is 1. The molecule has 0 bridgehead atoms. The molecule has 6 N–H and O–H groups in total. The summed E-state index contributed by atoms with van der Waals surface area (Å²) in [5, 5.41) is 10.7. The molecule has 3 aliphatic rings. The van der Waals surface area contributed by atoms with E-state index in [9.17, 15) is 33.6 Å². The number of primary amides is 1. The third-order valence-corrected chi connectivity index (χ3v) is 8.02. The molecule has 3 fully saturated rings. The van der Waals surface area contributed by atoms with Gasteiger partial charge in [0.05, 0.1) is 25.2 Å². The molecule has 2 aliphatic heterocycles. The fourth-order valence-corrected chi connectivity index (χ4v) is 5.17. The van der Waals surface area contributed by atoms with Gasteiger partial charge in [-0.2, -0.15) is 0 Å². The first-order valence-electron chi connectivity index (χ1n) is 14.5. The Morgan fingerprint density at radius 1 is 0.952 bits per heavy atom. The van der Waals surface area contributed by atoms with E-state index in [1.54, 1.807) is 20.8 Å². The van der Waals surface area contributed by atoms with Gasteiger partial charge in [0.25, 0.3) is 5.91 Å². The zero-order chi connectivity index (χ0) is 31.6. The first-order valence-corrected chi connectivity index (χ1v) is 14.5. The fourth-order valence-electron chi connectivity index (χ4n) is 5.17. The van der Waals surface area contributed by atoms with Crippen molar-refractivity contribution < 1.29 is 33.6 Å². The molecule has 14 heteroatoms. The van der Waals surface area contributed by atoms with Crippen LogP contribution in [0.25, 0.3) is 0 Å². The van der Waals surface area contributed by atoms with Crippen molar-refractivity contribution in [2.45, 2.75) is 97.8 Å². The number of nitrogens with zero attached hydrogens (tertiary/aromatic N) is 2. The van der Waals surface area contributed by atoms with E-state index in [-0.39, 0.29) is 25.6 Å². The number of hydrogen-bond acceptors (Lipinski definition) is 7. The van der Waals surface area contributed by atoms with E-state index in [2.05, 4.69) is 21.3 Å². The zero-order valence-electron chi connectivity index (χ0n) is 25.4. The van der Waals surface area contributed by atoms with Crippen LogP contribution in [-0.2, 0) is 24.0 Å². The molecule has 2 heterocycles. The summed E-state index contributed by atoms with van der Waals surface area (Å²) in [4.78, 5) is 91.0. The molecule has 1 aliphatic carbocycles. The minimum Gasteiger partial charge on any atom is -0.363 e. The van der Waals surface area contributed by atoms with Crippen LogP contribution in [-0.4, -0.2) is 95.1 Å². The summed E-state index contributed by atoms with van der Waals surface area (Å²) in [6.45, 7) is 11.1. The zero-order valence-corrected chi connectivity index (χ0v) is 25.4. The van der Waals surface area contributed by atoms with Gasteiger partial charge in [-0.1, -0.05) is 54.4 Å². The van der Waals surface area contributed by atoms with E-state index in [1.807, 2.05) is 20.8 Å². The molecule has 0 spiro atoms. The number of Topliss-reactive ketones (excluding diaryl/α,β-unsaturated/α-hetero) is 1. The summed E-state index contributed by atoms with van der Waals surface area (Å²) in [6, 6.07) is -4.77. The van der Waals surface area contributed by atoms with Crippen LogP contribution in [0.3, 0.4) is 0 Å². The summed E-state index contributed by atoms with van der Waals surface area (Å²) in [6.07, 6.45) is 3.04. The first kappa shape index (κ1) is 32.8. The first-order chi connectivity index (χ1) is 19.4. The standard InChI is InChI=1S/C28H45N7O7/c1-27(2,3)18(14-35-19(36)13-30-26(35)42)32-25(41)33-21(28(4,5)6)24(40)34-11-7-8-17(34)23(39)31-16(12-15-9-10-15)20(37)22(29)38/h15-18,21H,7-14H2,1-6H3,(H2,29,38)(H,30,42)(H,31,39)(H2,32,33,41)/t16?,17-,18+,21+/m0/s1. The van der Waals surface area contributed by atoms with E-state index in [4.69, 9.17) is 5.73 Å². The quantitative estimate of drug-likeness (QED) is 0.164. The van der Waals surface area contributed by atoms with Crippen molar-refractivity contribution in [3.05, 3.63) is 0 Å². The number of urea groups is 2. The topological polar surface area (TPSA) is 200 Å². The van der Waals surface area contributed by atoms with Crippen LogP contribution in [0.15, 0.2) is 0 Å². The molecular formula is C28H45N7O7. The van der Waals surface area contributed by atoms with E-state index < -0.39 is 76.5 Å². The van der Waals surface area contributed by atoms with Gasteiger partial charge in [-0.25, -0.2) is 9.59 Å². The average molecular weight is 592 g/mol. The molecular weight excluding hydrogens is 546 g/mol. The van der Waals surface area contributed by atoms with Gasteiger partial charge in [0, 0.05) is 6.54 Å². The minimum atomic E-state index is -1.12. The molecule has 0 aromatic rings. The Bertz CT molecular complexity index is 1110. The van der Waals surface area contributed by atoms with Crippen LogP contribution in [0.2, 0.25) is 0 Å². The number of carbonyl (C=O) groups excluding carboxylic acids is 7. The third kappa shape index (κ3) is 8.19. The number of amides is 8. The molecule has 8 amide bonds. The number of nitrogens with two attached hydrogens (primary N) is 1. The number of carbonyl (C=O) groups is 7. The maximum atomic E-state index is 13.9. The lowest BCUT2D eigenvalue weighted by atomic mass is 9.85. The van der Waals surface area contributed by atoms with Gasteiger partial charge in [-0.05, 0) is 36.0 Å². The van der Waals surface area contributed by atoms with Gasteiger partial charge in [-0.3, -0.25) is 28.9 Å². The number of hydrogen-bond donors (Lipinski definition) is 5. The molecule has 0 radical (unpaired) electrons. The molecule has 42 heavy (non-hydrogen) atoms. The maximum Gasteiger partial charge on any atom is 0.324 e. The van der Waals surface area contributed by atoms with Crippen LogP contribution >= 0.6 is 0 Å². The predicted octanol–water partition coefficient (Wildman–Crippen LogP) is -0.00290. The van der Waals surface area contributed by atoms with Crippen molar-refractivity contribution in [1.82, 2.24) is 31.1 Å². The van der Waals surface area contributed by atoms with E-state index in [0.29, 0.717) is 19.3 Å². The largest absolute Gasteiger partial charge is 0.363 e. The summed E-state index contributed by atoms with van der Waals surface area (Å²) >= 11 is 0. The SMILES string of the molecule is CC(C)(C)[C@H](NC(=O)N[C@H](CN1C(=O)CNC1=O)C(C)(C)C)C(=O)N1CCC[C@H]1C(=O)NC(CC1CC1)C(=O)C(N)=O. The normalized spacial score (nSPS) is 21.3. The summed E-state index contributed by atoms with van der Waals surface area (Å²) < 4.78 is 0. The van der Waals surface area contributed by atoms with Crippen molar-refractivity contribution in [3.63, 3.8) is 0 Å². The van der Waals surface area contributed by atoms with E-state index in [0.717, 1.165) is 17.7 Å². The fraction of sp³-hybridized carbons (Fsp3) is 0.750. The molecule has 1 unspecified atom stereocenters. The van der Waals surface area contributed by atoms with Crippen LogP contribution in [0, 0.1) is 16.7 Å². The van der Waals surface area contributed by atoms with Crippen LogP contribution in [0.4, 0.5) is 9.59 Å². The molecule has 234 valence electrons. The van der Waals surface area contributed by atoms with Crippen molar-refractivity contribution >= 4 is 41.5 Å². The lowest BCUT2D eigenvalue weighted by molar-refractivity contribution is -0.143. The molecule has 4 atom stereocenters. The second-order valence-electron chi connectivity index (χ2n) is 13.7. The molecule has 3 rings (SSSR count). The molecule has 1 saturated carbocycles. The maximum absolute atomic E-state index is 13.9.